The van der Waals surface area contributed by atoms with Gasteiger partial charge in [-0.15, -0.1) is 0 Å². The van der Waals surface area contributed by atoms with Crippen molar-refractivity contribution in [1.29, 1.82) is 0 Å². The van der Waals surface area contributed by atoms with Crippen molar-refractivity contribution in [2.75, 3.05) is 38.0 Å². The molecule has 4 rings (SSSR count). The lowest BCUT2D eigenvalue weighted by Gasteiger charge is -2.33. The van der Waals surface area contributed by atoms with Gasteiger partial charge in [-0.1, -0.05) is 36.4 Å². The standard InChI is InChI=1S/C26H29N3O4/c1-19-7-6-8-20(2)25(19)27-24(30)17-28-13-15-29(16-14-28)26(31)23-12-11-22(33-23)18-32-21-9-4-3-5-10-21/h3-12H,13-18H2,1-2H3,(H,27,30). The van der Waals surface area contributed by atoms with Crippen molar-refractivity contribution in [3.63, 3.8) is 0 Å². The minimum absolute atomic E-state index is 0.0405. The van der Waals surface area contributed by atoms with Crippen LogP contribution < -0.4 is 10.1 Å². The Kier molecular flexibility index (Phi) is 7.10. The summed E-state index contributed by atoms with van der Waals surface area (Å²) >= 11 is 0. The molecule has 2 amide bonds. The average Bonchev–Trinajstić information content (AvgIpc) is 3.30. The maximum absolute atomic E-state index is 12.8. The zero-order chi connectivity index (χ0) is 23.2. The van der Waals surface area contributed by atoms with E-state index in [1.54, 1.807) is 17.0 Å². The van der Waals surface area contributed by atoms with Crippen molar-refractivity contribution in [2.45, 2.75) is 20.5 Å². The third-order valence-electron chi connectivity index (χ3n) is 5.77. The SMILES string of the molecule is Cc1cccc(C)c1NC(=O)CN1CCN(C(=O)c2ccc(COc3ccccc3)o2)CC1. The molecule has 1 N–H and O–H groups in total. The molecule has 33 heavy (non-hydrogen) atoms. The summed E-state index contributed by atoms with van der Waals surface area (Å²) in [6.07, 6.45) is 0. The van der Waals surface area contributed by atoms with E-state index < -0.39 is 0 Å². The lowest BCUT2D eigenvalue weighted by atomic mass is 10.1. The van der Waals surface area contributed by atoms with Crippen molar-refractivity contribution in [2.24, 2.45) is 0 Å². The molecule has 0 unspecified atom stereocenters. The summed E-state index contributed by atoms with van der Waals surface area (Å²) in [4.78, 5) is 29.2. The number of hydrogen-bond donors (Lipinski definition) is 1. The topological polar surface area (TPSA) is 75.0 Å². The Hall–Kier alpha value is -3.58. The number of hydrogen-bond acceptors (Lipinski definition) is 5. The summed E-state index contributed by atoms with van der Waals surface area (Å²) in [7, 11) is 0. The molecule has 172 valence electrons. The largest absolute Gasteiger partial charge is 0.486 e. The van der Waals surface area contributed by atoms with Crippen LogP contribution in [0.4, 0.5) is 5.69 Å². The first-order valence-electron chi connectivity index (χ1n) is 11.1. The van der Waals surface area contributed by atoms with E-state index in [2.05, 4.69) is 10.2 Å². The summed E-state index contributed by atoms with van der Waals surface area (Å²) in [6, 6.07) is 18.9. The number of rotatable bonds is 7. The van der Waals surface area contributed by atoms with E-state index in [-0.39, 0.29) is 18.4 Å². The Bertz CT molecular complexity index is 1080. The second kappa shape index (κ2) is 10.4. The number of carbonyl (C=O) groups excluding carboxylic acids is 2. The quantitative estimate of drug-likeness (QED) is 0.595. The van der Waals surface area contributed by atoms with Gasteiger partial charge in [-0.25, -0.2) is 0 Å². The Morgan fingerprint density at radius 3 is 2.30 bits per heavy atom. The minimum Gasteiger partial charge on any atom is -0.486 e. The maximum Gasteiger partial charge on any atom is 0.289 e. The maximum atomic E-state index is 12.8. The number of ether oxygens (including phenoxy) is 1. The van der Waals surface area contributed by atoms with Crippen LogP contribution in [0.1, 0.15) is 27.4 Å². The predicted octanol–water partition coefficient (Wildman–Crippen LogP) is 3.87. The molecule has 7 nitrogen and oxygen atoms in total. The monoisotopic (exact) mass is 447 g/mol. The minimum atomic E-state index is -0.138. The van der Waals surface area contributed by atoms with Gasteiger partial charge in [0.1, 0.15) is 18.1 Å². The van der Waals surface area contributed by atoms with Gasteiger partial charge >= 0.3 is 0 Å². The number of piperazine rings is 1. The van der Waals surface area contributed by atoms with Crippen molar-refractivity contribution in [3.8, 4) is 5.75 Å². The van der Waals surface area contributed by atoms with Crippen LogP contribution in [0.2, 0.25) is 0 Å². The van der Waals surface area contributed by atoms with E-state index in [4.69, 9.17) is 9.15 Å². The molecule has 1 saturated heterocycles. The molecule has 1 aliphatic heterocycles. The molecule has 0 radical (unpaired) electrons. The lowest BCUT2D eigenvalue weighted by Crippen LogP contribution is -2.50. The van der Waals surface area contributed by atoms with Gasteiger partial charge in [0.2, 0.25) is 5.91 Å². The molecule has 1 aliphatic rings. The number of amides is 2. The summed E-state index contributed by atoms with van der Waals surface area (Å²) in [5, 5.41) is 3.02. The molecule has 2 aromatic carbocycles. The average molecular weight is 448 g/mol. The second-order valence-corrected chi connectivity index (χ2v) is 8.25. The van der Waals surface area contributed by atoms with Gasteiger partial charge in [-0.3, -0.25) is 14.5 Å². The fraction of sp³-hybridized carbons (Fsp3) is 0.308. The summed E-state index contributed by atoms with van der Waals surface area (Å²) < 4.78 is 11.4. The van der Waals surface area contributed by atoms with Crippen LogP contribution in [0, 0.1) is 13.8 Å². The Morgan fingerprint density at radius 2 is 1.61 bits per heavy atom. The molecule has 1 fully saturated rings. The zero-order valence-corrected chi connectivity index (χ0v) is 19.0. The molecule has 7 heteroatoms. The Balaban J connectivity index is 1.24. The number of nitrogens with zero attached hydrogens (tertiary/aromatic N) is 2. The lowest BCUT2D eigenvalue weighted by molar-refractivity contribution is -0.117. The van der Waals surface area contributed by atoms with E-state index in [1.807, 2.05) is 62.4 Å². The number of carbonyl (C=O) groups is 2. The Labute approximate surface area is 193 Å². The molecule has 3 aromatic rings. The van der Waals surface area contributed by atoms with Crippen LogP contribution in [0.5, 0.6) is 5.75 Å². The number of benzene rings is 2. The van der Waals surface area contributed by atoms with Crippen LogP contribution in [0.3, 0.4) is 0 Å². The van der Waals surface area contributed by atoms with Gasteiger partial charge < -0.3 is 19.4 Å². The molecule has 0 atom stereocenters. The summed E-state index contributed by atoms with van der Waals surface area (Å²) in [5.41, 5.74) is 2.97. The normalized spacial score (nSPS) is 14.2. The van der Waals surface area contributed by atoms with Crippen LogP contribution >= 0.6 is 0 Å². The van der Waals surface area contributed by atoms with Gasteiger partial charge in [0.05, 0.1) is 6.54 Å². The van der Waals surface area contributed by atoms with Crippen LogP contribution in [0.25, 0.3) is 0 Å². The van der Waals surface area contributed by atoms with E-state index in [0.717, 1.165) is 22.6 Å². The highest BCUT2D eigenvalue weighted by Gasteiger charge is 2.25. The van der Waals surface area contributed by atoms with Crippen molar-refractivity contribution in [3.05, 3.63) is 83.3 Å². The molecular formula is C26H29N3O4. The van der Waals surface area contributed by atoms with Gasteiger partial charge in [0.25, 0.3) is 5.91 Å². The molecule has 1 aromatic heterocycles. The van der Waals surface area contributed by atoms with Gasteiger partial charge in [0, 0.05) is 31.9 Å². The summed E-state index contributed by atoms with van der Waals surface area (Å²) in [5.74, 6) is 1.48. The predicted molar refractivity (Wildman–Crippen MR) is 126 cm³/mol. The molecule has 0 saturated carbocycles. The zero-order valence-electron chi connectivity index (χ0n) is 19.0. The number of nitrogens with one attached hydrogen (secondary N) is 1. The third kappa shape index (κ3) is 5.81. The van der Waals surface area contributed by atoms with Crippen molar-refractivity contribution >= 4 is 17.5 Å². The molecule has 2 heterocycles. The third-order valence-corrected chi connectivity index (χ3v) is 5.77. The number of aryl methyl sites for hydroxylation is 2. The van der Waals surface area contributed by atoms with Crippen molar-refractivity contribution in [1.82, 2.24) is 9.80 Å². The molecule has 0 spiro atoms. The van der Waals surface area contributed by atoms with Gasteiger partial charge in [0.15, 0.2) is 5.76 Å². The van der Waals surface area contributed by atoms with Crippen LogP contribution in [-0.2, 0) is 11.4 Å². The number of furan rings is 1. The highest BCUT2D eigenvalue weighted by Crippen LogP contribution is 2.20. The summed E-state index contributed by atoms with van der Waals surface area (Å²) in [6.45, 7) is 6.91. The molecule has 0 bridgehead atoms. The Morgan fingerprint density at radius 1 is 0.909 bits per heavy atom. The van der Waals surface area contributed by atoms with E-state index in [0.29, 0.717) is 44.2 Å². The smallest absolute Gasteiger partial charge is 0.289 e. The highest BCUT2D eigenvalue weighted by molar-refractivity contribution is 5.94. The van der Waals surface area contributed by atoms with Crippen molar-refractivity contribution < 1.29 is 18.7 Å². The number of para-hydroxylation sites is 2. The highest BCUT2D eigenvalue weighted by atomic mass is 16.5. The molecular weight excluding hydrogens is 418 g/mol. The van der Waals surface area contributed by atoms with Gasteiger partial charge in [-0.2, -0.15) is 0 Å². The molecule has 0 aliphatic carbocycles. The van der Waals surface area contributed by atoms with E-state index in [1.165, 1.54) is 0 Å². The van der Waals surface area contributed by atoms with Crippen LogP contribution in [-0.4, -0.2) is 54.3 Å². The van der Waals surface area contributed by atoms with E-state index in [9.17, 15) is 9.59 Å². The first-order chi connectivity index (χ1) is 16.0. The first kappa shape index (κ1) is 22.6. The van der Waals surface area contributed by atoms with Crippen LogP contribution in [0.15, 0.2) is 65.1 Å². The van der Waals surface area contributed by atoms with E-state index >= 15 is 0 Å². The van der Waals surface area contributed by atoms with Gasteiger partial charge in [-0.05, 0) is 49.2 Å². The number of anilines is 1. The second-order valence-electron chi connectivity index (χ2n) is 8.25. The first-order valence-corrected chi connectivity index (χ1v) is 11.1. The fourth-order valence-electron chi connectivity index (χ4n) is 3.90. The fourth-order valence-corrected chi connectivity index (χ4v) is 3.90.